The van der Waals surface area contributed by atoms with E-state index in [0.717, 1.165) is 17.8 Å². The molecule has 0 bridgehead atoms. The molecule has 0 saturated heterocycles. The van der Waals surface area contributed by atoms with Gasteiger partial charge in [-0.1, -0.05) is 11.6 Å². The summed E-state index contributed by atoms with van der Waals surface area (Å²) in [6.07, 6.45) is 1.65. The summed E-state index contributed by atoms with van der Waals surface area (Å²) in [5, 5.41) is 19.3. The van der Waals surface area contributed by atoms with Gasteiger partial charge in [-0.05, 0) is 12.3 Å². The van der Waals surface area contributed by atoms with Crippen LogP contribution in [0.5, 0.6) is 0 Å². The molecule has 0 aromatic heterocycles. The fourth-order valence-corrected chi connectivity index (χ4v) is 1.90. The van der Waals surface area contributed by atoms with Gasteiger partial charge in [0.2, 0.25) is 0 Å². The molecule has 0 aliphatic rings. The highest BCUT2D eigenvalue weighted by molar-refractivity contribution is 7.98. The highest BCUT2D eigenvalue weighted by atomic mass is 35.5. The zero-order valence-electron chi connectivity index (χ0n) is 7.56. The Hall–Kier alpha value is -1.27. The number of halogens is 1. The monoisotopic (exact) mass is 247 g/mol. The zero-order valence-corrected chi connectivity index (χ0v) is 9.13. The van der Waals surface area contributed by atoms with Gasteiger partial charge in [0.25, 0.3) is 5.69 Å². The summed E-state index contributed by atoms with van der Waals surface area (Å²) in [6.45, 7) is 0. The van der Waals surface area contributed by atoms with E-state index in [2.05, 4.69) is 0 Å². The van der Waals surface area contributed by atoms with Crippen LogP contribution in [0.15, 0.2) is 17.0 Å². The third-order valence-corrected chi connectivity index (χ3v) is 2.78. The number of carbonyl (C=O) groups is 1. The molecule has 7 heteroatoms. The molecule has 0 amide bonds. The highest BCUT2D eigenvalue weighted by Gasteiger charge is 2.20. The minimum atomic E-state index is -1.28. The number of rotatable bonds is 3. The van der Waals surface area contributed by atoms with Gasteiger partial charge in [-0.15, -0.1) is 11.8 Å². The molecular weight excluding hydrogens is 242 g/mol. The van der Waals surface area contributed by atoms with Crippen LogP contribution in [0.25, 0.3) is 0 Å². The molecule has 0 unspecified atom stereocenters. The summed E-state index contributed by atoms with van der Waals surface area (Å²) in [5.74, 6) is -1.28. The first kappa shape index (κ1) is 11.8. The molecule has 1 N–H and O–H groups in total. The van der Waals surface area contributed by atoms with Gasteiger partial charge in [0.05, 0.1) is 20.4 Å². The molecule has 0 atom stereocenters. The van der Waals surface area contributed by atoms with Gasteiger partial charge in [-0.2, -0.15) is 0 Å². The molecule has 0 heterocycles. The molecular formula is C8H6ClNO4S. The maximum absolute atomic E-state index is 10.7. The van der Waals surface area contributed by atoms with Crippen molar-refractivity contribution in [2.75, 3.05) is 6.26 Å². The lowest BCUT2D eigenvalue weighted by atomic mass is 10.2. The molecule has 15 heavy (non-hydrogen) atoms. The second kappa shape index (κ2) is 4.50. The molecule has 80 valence electrons. The van der Waals surface area contributed by atoms with Crippen LogP contribution in [0.4, 0.5) is 5.69 Å². The predicted molar refractivity (Wildman–Crippen MR) is 56.8 cm³/mol. The second-order valence-electron chi connectivity index (χ2n) is 2.57. The van der Waals surface area contributed by atoms with Crippen LogP contribution >= 0.6 is 23.4 Å². The van der Waals surface area contributed by atoms with E-state index in [1.54, 1.807) is 6.26 Å². The Kier molecular flexibility index (Phi) is 3.54. The number of nitrogens with zero attached hydrogens (tertiary/aromatic N) is 1. The lowest BCUT2D eigenvalue weighted by Gasteiger charge is -2.03. The van der Waals surface area contributed by atoms with E-state index < -0.39 is 10.9 Å². The molecule has 0 aliphatic carbocycles. The van der Waals surface area contributed by atoms with Crippen LogP contribution in [-0.2, 0) is 0 Å². The number of aromatic carboxylic acids is 1. The normalized spacial score (nSPS) is 10.0. The predicted octanol–water partition coefficient (Wildman–Crippen LogP) is 2.67. The van der Waals surface area contributed by atoms with Crippen LogP contribution in [0, 0.1) is 10.1 Å². The van der Waals surface area contributed by atoms with Crippen LogP contribution in [-0.4, -0.2) is 22.3 Å². The zero-order chi connectivity index (χ0) is 11.6. The number of hydrogen-bond acceptors (Lipinski definition) is 4. The quantitative estimate of drug-likeness (QED) is 0.505. The van der Waals surface area contributed by atoms with Gasteiger partial charge in [0.1, 0.15) is 0 Å². The Morgan fingerprint density at radius 3 is 2.60 bits per heavy atom. The Morgan fingerprint density at radius 2 is 2.20 bits per heavy atom. The summed E-state index contributed by atoms with van der Waals surface area (Å²) >= 11 is 6.80. The Morgan fingerprint density at radius 1 is 1.60 bits per heavy atom. The third kappa shape index (κ3) is 2.40. The minimum absolute atomic E-state index is 0.00236. The number of carboxylic acids is 1. The summed E-state index contributed by atoms with van der Waals surface area (Å²) in [6, 6.07) is 2.25. The minimum Gasteiger partial charge on any atom is -0.478 e. The Bertz CT molecular complexity index is 435. The first-order valence-electron chi connectivity index (χ1n) is 3.72. The molecule has 0 saturated carbocycles. The largest absolute Gasteiger partial charge is 0.478 e. The maximum Gasteiger partial charge on any atom is 0.337 e. The van der Waals surface area contributed by atoms with E-state index in [-0.39, 0.29) is 16.3 Å². The Labute approximate surface area is 94.2 Å². The van der Waals surface area contributed by atoms with Gasteiger partial charge in [0, 0.05) is 6.07 Å². The van der Waals surface area contributed by atoms with Crippen molar-refractivity contribution >= 4 is 35.0 Å². The number of hydrogen-bond donors (Lipinski definition) is 1. The van der Waals surface area contributed by atoms with E-state index in [9.17, 15) is 14.9 Å². The number of benzene rings is 1. The van der Waals surface area contributed by atoms with Crippen molar-refractivity contribution in [3.05, 3.63) is 32.8 Å². The molecule has 0 radical (unpaired) electrons. The number of nitro benzene ring substituents is 1. The van der Waals surface area contributed by atoms with Crippen molar-refractivity contribution in [2.24, 2.45) is 0 Å². The lowest BCUT2D eigenvalue weighted by Crippen LogP contribution is -2.00. The van der Waals surface area contributed by atoms with Gasteiger partial charge in [-0.25, -0.2) is 4.79 Å². The van der Waals surface area contributed by atoms with E-state index in [0.29, 0.717) is 4.90 Å². The van der Waals surface area contributed by atoms with E-state index >= 15 is 0 Å². The van der Waals surface area contributed by atoms with Crippen LogP contribution in [0.3, 0.4) is 0 Å². The van der Waals surface area contributed by atoms with Crippen LogP contribution in [0.2, 0.25) is 5.02 Å². The average molecular weight is 248 g/mol. The van der Waals surface area contributed by atoms with E-state index in [4.69, 9.17) is 16.7 Å². The SMILES string of the molecule is CSc1cc(Cl)c(C(=O)O)cc1[N+](=O)[O-]. The summed E-state index contributed by atoms with van der Waals surface area (Å²) in [7, 11) is 0. The van der Waals surface area contributed by atoms with Gasteiger partial charge < -0.3 is 5.11 Å². The fraction of sp³-hybridized carbons (Fsp3) is 0.125. The van der Waals surface area contributed by atoms with Crippen molar-refractivity contribution in [3.63, 3.8) is 0 Å². The number of thioether (sulfide) groups is 1. The van der Waals surface area contributed by atoms with Crippen molar-refractivity contribution < 1.29 is 14.8 Å². The van der Waals surface area contributed by atoms with Crippen molar-refractivity contribution in [1.82, 2.24) is 0 Å². The molecule has 5 nitrogen and oxygen atoms in total. The molecule has 1 aromatic carbocycles. The van der Waals surface area contributed by atoms with Crippen molar-refractivity contribution in [2.45, 2.75) is 4.90 Å². The Balaban J connectivity index is 3.43. The summed E-state index contributed by atoms with van der Waals surface area (Å²) < 4.78 is 0. The first-order valence-corrected chi connectivity index (χ1v) is 5.33. The molecule has 0 aliphatic heterocycles. The molecule has 0 spiro atoms. The topological polar surface area (TPSA) is 80.4 Å². The highest BCUT2D eigenvalue weighted by Crippen LogP contribution is 2.32. The van der Waals surface area contributed by atoms with E-state index in [1.807, 2.05) is 0 Å². The van der Waals surface area contributed by atoms with Gasteiger partial charge in [0.15, 0.2) is 0 Å². The third-order valence-electron chi connectivity index (χ3n) is 1.70. The number of nitro groups is 1. The smallest absolute Gasteiger partial charge is 0.337 e. The van der Waals surface area contributed by atoms with Gasteiger partial charge >= 0.3 is 5.97 Å². The lowest BCUT2D eigenvalue weighted by molar-refractivity contribution is -0.387. The second-order valence-corrected chi connectivity index (χ2v) is 3.82. The fourth-order valence-electron chi connectivity index (χ4n) is 1.01. The maximum atomic E-state index is 10.7. The summed E-state index contributed by atoms with van der Waals surface area (Å²) in [5.41, 5.74) is -0.509. The number of carboxylic acid groups (broad SMARTS) is 1. The van der Waals surface area contributed by atoms with Crippen molar-refractivity contribution in [3.8, 4) is 0 Å². The summed E-state index contributed by atoms with van der Waals surface area (Å²) in [4.78, 5) is 21.0. The standard InChI is InChI=1S/C8H6ClNO4S/c1-15-7-3-5(9)4(8(11)12)2-6(7)10(13)14/h2-3H,1H3,(H,11,12). The van der Waals surface area contributed by atoms with E-state index in [1.165, 1.54) is 6.07 Å². The van der Waals surface area contributed by atoms with Gasteiger partial charge in [-0.3, -0.25) is 10.1 Å². The molecule has 1 rings (SSSR count). The molecule has 1 aromatic rings. The van der Waals surface area contributed by atoms with Crippen LogP contribution in [0.1, 0.15) is 10.4 Å². The first-order chi connectivity index (χ1) is 6.97. The van der Waals surface area contributed by atoms with Crippen LogP contribution < -0.4 is 0 Å². The average Bonchev–Trinajstić information content (AvgIpc) is 2.16. The molecule has 0 fully saturated rings. The van der Waals surface area contributed by atoms with Crippen molar-refractivity contribution in [1.29, 1.82) is 0 Å².